The first-order valence-electron chi connectivity index (χ1n) is 7.33. The topological polar surface area (TPSA) is 46.6 Å². The van der Waals surface area contributed by atoms with Gasteiger partial charge in [0.1, 0.15) is 0 Å². The summed E-state index contributed by atoms with van der Waals surface area (Å²) in [7, 11) is 3.32. The third-order valence-electron chi connectivity index (χ3n) is 4.55. The number of rotatable bonds is 5. The Morgan fingerprint density at radius 3 is 2.70 bits per heavy atom. The van der Waals surface area contributed by atoms with Crippen molar-refractivity contribution in [2.24, 2.45) is 5.92 Å². The van der Waals surface area contributed by atoms with Crippen LogP contribution >= 0.6 is 0 Å². The molecule has 1 atom stereocenters. The van der Waals surface area contributed by atoms with Gasteiger partial charge in [0.05, 0.1) is 19.9 Å². The van der Waals surface area contributed by atoms with Crippen LogP contribution in [0.15, 0.2) is 12.3 Å². The van der Waals surface area contributed by atoms with Crippen molar-refractivity contribution in [3.63, 3.8) is 0 Å². The lowest BCUT2D eigenvalue weighted by molar-refractivity contribution is 0.0717. The molecule has 0 aromatic carbocycles. The van der Waals surface area contributed by atoms with Crippen LogP contribution in [0.2, 0.25) is 0 Å². The summed E-state index contributed by atoms with van der Waals surface area (Å²) in [6.45, 7) is 4.43. The number of hydrogen-bond acceptors (Lipinski definition) is 5. The van der Waals surface area contributed by atoms with E-state index in [9.17, 15) is 0 Å². The van der Waals surface area contributed by atoms with E-state index < -0.39 is 0 Å². The molecule has 0 saturated carbocycles. The number of pyridine rings is 1. The highest BCUT2D eigenvalue weighted by molar-refractivity contribution is 5.42. The van der Waals surface area contributed by atoms with Gasteiger partial charge in [0, 0.05) is 31.4 Å². The summed E-state index contributed by atoms with van der Waals surface area (Å²) in [6, 6.07) is 2.41. The first-order chi connectivity index (χ1) is 9.81. The molecule has 1 aromatic rings. The van der Waals surface area contributed by atoms with Crippen molar-refractivity contribution in [3.8, 4) is 11.5 Å². The second kappa shape index (κ2) is 5.97. The van der Waals surface area contributed by atoms with Gasteiger partial charge in [-0.05, 0) is 31.8 Å². The molecule has 1 unspecified atom stereocenters. The molecule has 2 bridgehead atoms. The zero-order valence-corrected chi connectivity index (χ0v) is 12.3. The number of methoxy groups -OCH3 is 2. The minimum absolute atomic E-state index is 0.579. The van der Waals surface area contributed by atoms with E-state index in [-0.39, 0.29) is 0 Å². The number of hydrogen-bond donors (Lipinski definition) is 1. The van der Waals surface area contributed by atoms with Crippen molar-refractivity contribution in [1.82, 2.24) is 15.2 Å². The number of aromatic nitrogens is 1. The minimum Gasteiger partial charge on any atom is -0.493 e. The van der Waals surface area contributed by atoms with Crippen LogP contribution in [-0.2, 0) is 6.54 Å². The van der Waals surface area contributed by atoms with Crippen LogP contribution in [0.25, 0.3) is 0 Å². The zero-order valence-electron chi connectivity index (χ0n) is 12.3. The van der Waals surface area contributed by atoms with E-state index in [4.69, 9.17) is 9.47 Å². The Labute approximate surface area is 120 Å². The minimum atomic E-state index is 0.579. The Morgan fingerprint density at radius 1 is 1.30 bits per heavy atom. The average Bonchev–Trinajstić information content (AvgIpc) is 2.53. The molecule has 3 aliphatic rings. The molecule has 3 aliphatic heterocycles. The number of piperidine rings is 3. The van der Waals surface area contributed by atoms with Gasteiger partial charge in [-0.3, -0.25) is 4.98 Å². The monoisotopic (exact) mass is 277 g/mol. The Balaban J connectivity index is 1.66. The van der Waals surface area contributed by atoms with Gasteiger partial charge in [-0.25, -0.2) is 0 Å². The van der Waals surface area contributed by atoms with Gasteiger partial charge in [0.25, 0.3) is 0 Å². The largest absolute Gasteiger partial charge is 0.493 e. The number of nitrogens with one attached hydrogen (secondary N) is 1. The number of fused-ring (bicyclic) bond motifs is 3. The van der Waals surface area contributed by atoms with Gasteiger partial charge < -0.3 is 19.7 Å². The van der Waals surface area contributed by atoms with E-state index >= 15 is 0 Å². The fraction of sp³-hybridized carbons (Fsp3) is 0.667. The van der Waals surface area contributed by atoms with Crippen LogP contribution in [0.3, 0.4) is 0 Å². The molecule has 4 heterocycles. The van der Waals surface area contributed by atoms with E-state index in [1.165, 1.54) is 25.9 Å². The van der Waals surface area contributed by atoms with Crippen LogP contribution in [0.4, 0.5) is 0 Å². The summed E-state index contributed by atoms with van der Waals surface area (Å²) < 4.78 is 10.7. The summed E-state index contributed by atoms with van der Waals surface area (Å²) in [5.41, 5.74) is 0.920. The molecule has 5 heteroatoms. The maximum absolute atomic E-state index is 5.43. The lowest BCUT2D eigenvalue weighted by atomic mass is 9.84. The fourth-order valence-corrected chi connectivity index (χ4v) is 3.40. The summed E-state index contributed by atoms with van der Waals surface area (Å²) in [5, 5.41) is 3.66. The quantitative estimate of drug-likeness (QED) is 0.878. The van der Waals surface area contributed by atoms with E-state index in [1.54, 1.807) is 20.4 Å². The van der Waals surface area contributed by atoms with Crippen LogP contribution in [0.5, 0.6) is 11.5 Å². The summed E-state index contributed by atoms with van der Waals surface area (Å²) in [5.74, 6) is 2.30. The van der Waals surface area contributed by atoms with Crippen LogP contribution in [0, 0.1) is 5.92 Å². The Bertz CT molecular complexity index is 458. The summed E-state index contributed by atoms with van der Waals surface area (Å²) in [6.07, 6.45) is 4.41. The molecular weight excluding hydrogens is 254 g/mol. The predicted octanol–water partition coefficient (Wildman–Crippen LogP) is 1.28. The van der Waals surface area contributed by atoms with Crippen LogP contribution in [0.1, 0.15) is 18.5 Å². The first kappa shape index (κ1) is 13.6. The Morgan fingerprint density at radius 2 is 2.10 bits per heavy atom. The Kier molecular flexibility index (Phi) is 4.08. The van der Waals surface area contributed by atoms with Gasteiger partial charge in [-0.1, -0.05) is 0 Å². The highest BCUT2D eigenvalue weighted by Crippen LogP contribution is 2.30. The lowest BCUT2D eigenvalue weighted by Gasteiger charge is -2.45. The van der Waals surface area contributed by atoms with E-state index in [2.05, 4.69) is 15.2 Å². The molecule has 4 rings (SSSR count). The highest BCUT2D eigenvalue weighted by Gasteiger charge is 2.33. The molecule has 110 valence electrons. The van der Waals surface area contributed by atoms with Gasteiger partial charge in [0.2, 0.25) is 0 Å². The zero-order chi connectivity index (χ0) is 13.9. The van der Waals surface area contributed by atoms with Gasteiger partial charge in [0.15, 0.2) is 11.5 Å². The maximum atomic E-state index is 5.43. The molecular formula is C15H23N3O2. The van der Waals surface area contributed by atoms with Crippen molar-refractivity contribution in [1.29, 1.82) is 0 Å². The number of nitrogens with zero attached hydrogens (tertiary/aromatic N) is 2. The standard InChI is InChI=1S/C15H23N3O2/c1-19-14-3-6-16-12(15(14)20-2)9-17-13-10-18-7-4-11(13)5-8-18/h3,6,11,13,17H,4-5,7-10H2,1-2H3. The van der Waals surface area contributed by atoms with Crippen molar-refractivity contribution < 1.29 is 9.47 Å². The van der Waals surface area contributed by atoms with E-state index in [1.807, 2.05) is 6.07 Å². The van der Waals surface area contributed by atoms with Gasteiger partial charge in [-0.2, -0.15) is 0 Å². The molecule has 0 radical (unpaired) electrons. The molecule has 3 saturated heterocycles. The molecule has 3 fully saturated rings. The average molecular weight is 277 g/mol. The lowest BCUT2D eigenvalue weighted by Crippen LogP contribution is -2.55. The predicted molar refractivity (Wildman–Crippen MR) is 77.1 cm³/mol. The smallest absolute Gasteiger partial charge is 0.183 e. The normalized spacial score (nSPS) is 28.4. The van der Waals surface area contributed by atoms with Crippen molar-refractivity contribution in [2.75, 3.05) is 33.9 Å². The van der Waals surface area contributed by atoms with Gasteiger partial charge in [-0.15, -0.1) is 0 Å². The van der Waals surface area contributed by atoms with Gasteiger partial charge >= 0.3 is 0 Å². The molecule has 0 amide bonds. The summed E-state index contributed by atoms with van der Waals surface area (Å²) >= 11 is 0. The van der Waals surface area contributed by atoms with Crippen molar-refractivity contribution in [3.05, 3.63) is 18.0 Å². The van der Waals surface area contributed by atoms with E-state index in [0.717, 1.165) is 36.2 Å². The maximum Gasteiger partial charge on any atom is 0.183 e. The van der Waals surface area contributed by atoms with Crippen molar-refractivity contribution in [2.45, 2.75) is 25.4 Å². The molecule has 1 aromatic heterocycles. The van der Waals surface area contributed by atoms with Crippen LogP contribution in [-0.4, -0.2) is 49.8 Å². The first-order valence-corrected chi connectivity index (χ1v) is 7.33. The summed E-state index contributed by atoms with van der Waals surface area (Å²) in [4.78, 5) is 6.97. The molecule has 0 aliphatic carbocycles. The second-order valence-corrected chi connectivity index (χ2v) is 5.62. The molecule has 20 heavy (non-hydrogen) atoms. The molecule has 1 N–H and O–H groups in total. The number of ether oxygens (including phenoxy) is 2. The van der Waals surface area contributed by atoms with Crippen LogP contribution < -0.4 is 14.8 Å². The highest BCUT2D eigenvalue weighted by atomic mass is 16.5. The molecule has 0 spiro atoms. The Hall–Kier alpha value is -1.33. The SMILES string of the molecule is COc1ccnc(CNC2CN3CCC2CC3)c1OC. The third kappa shape index (κ3) is 2.60. The third-order valence-corrected chi connectivity index (χ3v) is 4.55. The fourth-order valence-electron chi connectivity index (χ4n) is 3.40. The van der Waals surface area contributed by atoms with Crippen molar-refractivity contribution >= 4 is 0 Å². The molecule has 5 nitrogen and oxygen atoms in total. The second-order valence-electron chi connectivity index (χ2n) is 5.62. The van der Waals surface area contributed by atoms with E-state index in [0.29, 0.717) is 6.04 Å².